The minimum Gasteiger partial charge on any atom is -0.481 e. The van der Waals surface area contributed by atoms with Crippen molar-refractivity contribution in [2.24, 2.45) is 5.92 Å². The van der Waals surface area contributed by atoms with Crippen molar-refractivity contribution in [1.82, 2.24) is 5.32 Å². The van der Waals surface area contributed by atoms with Crippen LogP contribution >= 0.6 is 23.2 Å². The quantitative estimate of drug-likeness (QED) is 0.858. The molecule has 1 aromatic rings. The Labute approximate surface area is 103 Å². The Bertz CT molecular complexity index is 422. The summed E-state index contributed by atoms with van der Waals surface area (Å²) < 4.78 is 0. The molecule has 2 N–H and O–H groups in total. The van der Waals surface area contributed by atoms with Crippen LogP contribution in [0, 0.1) is 5.92 Å². The standard InChI is InChI=1S/C11H11Cl2NO2/c12-6-1-2-10(13)7(3-6)8-4-14-5-9(8)11(15)16/h1-3,8-9,14H,4-5H2,(H,15,16)/t8-,9-/m0/s1. The van der Waals surface area contributed by atoms with Gasteiger partial charge in [-0.3, -0.25) is 4.79 Å². The molecule has 86 valence electrons. The van der Waals surface area contributed by atoms with E-state index in [1.807, 2.05) is 0 Å². The first kappa shape index (κ1) is 11.7. The van der Waals surface area contributed by atoms with E-state index in [0.29, 0.717) is 23.1 Å². The molecule has 0 amide bonds. The third kappa shape index (κ3) is 2.17. The van der Waals surface area contributed by atoms with E-state index >= 15 is 0 Å². The largest absolute Gasteiger partial charge is 0.481 e. The Balaban J connectivity index is 2.35. The molecule has 0 radical (unpaired) electrons. The van der Waals surface area contributed by atoms with E-state index in [2.05, 4.69) is 5.32 Å². The molecule has 0 spiro atoms. The zero-order chi connectivity index (χ0) is 11.7. The molecule has 1 heterocycles. The van der Waals surface area contributed by atoms with Crippen LogP contribution < -0.4 is 5.32 Å². The number of carboxylic acid groups (broad SMARTS) is 1. The third-order valence-corrected chi connectivity index (χ3v) is 3.47. The molecule has 0 bridgehead atoms. The van der Waals surface area contributed by atoms with Gasteiger partial charge in [-0.15, -0.1) is 0 Å². The Morgan fingerprint density at radius 1 is 1.38 bits per heavy atom. The minimum absolute atomic E-state index is 0.108. The van der Waals surface area contributed by atoms with Gasteiger partial charge in [-0.1, -0.05) is 23.2 Å². The number of rotatable bonds is 2. The van der Waals surface area contributed by atoms with E-state index in [9.17, 15) is 4.79 Å². The van der Waals surface area contributed by atoms with Crippen LogP contribution in [0.5, 0.6) is 0 Å². The zero-order valence-electron chi connectivity index (χ0n) is 8.41. The SMILES string of the molecule is O=C(O)[C@H]1CNC[C@H]1c1cc(Cl)ccc1Cl. The second kappa shape index (κ2) is 4.62. The summed E-state index contributed by atoms with van der Waals surface area (Å²) in [5.74, 6) is -1.34. The Hall–Kier alpha value is -0.770. The first-order valence-corrected chi connectivity index (χ1v) is 5.73. The second-order valence-electron chi connectivity index (χ2n) is 3.88. The number of hydrogen-bond donors (Lipinski definition) is 2. The van der Waals surface area contributed by atoms with Gasteiger partial charge in [-0.2, -0.15) is 0 Å². The summed E-state index contributed by atoms with van der Waals surface area (Å²) in [6.45, 7) is 1.10. The maximum Gasteiger partial charge on any atom is 0.308 e. The summed E-state index contributed by atoms with van der Waals surface area (Å²) in [5.41, 5.74) is 0.812. The maximum absolute atomic E-state index is 11.1. The molecule has 0 saturated carbocycles. The average Bonchev–Trinajstić information content (AvgIpc) is 2.70. The first-order valence-electron chi connectivity index (χ1n) is 4.98. The number of hydrogen-bond acceptors (Lipinski definition) is 2. The maximum atomic E-state index is 11.1. The predicted molar refractivity (Wildman–Crippen MR) is 63.2 cm³/mol. The number of halogens is 2. The van der Waals surface area contributed by atoms with E-state index in [-0.39, 0.29) is 5.92 Å². The van der Waals surface area contributed by atoms with Crippen LogP contribution in [0.3, 0.4) is 0 Å². The van der Waals surface area contributed by atoms with Gasteiger partial charge < -0.3 is 10.4 Å². The van der Waals surface area contributed by atoms with Crippen LogP contribution in [-0.4, -0.2) is 24.2 Å². The van der Waals surface area contributed by atoms with Crippen LogP contribution in [0.4, 0.5) is 0 Å². The number of carbonyl (C=O) groups is 1. The topological polar surface area (TPSA) is 49.3 Å². The summed E-state index contributed by atoms with van der Waals surface area (Å²) >= 11 is 12.0. The van der Waals surface area contributed by atoms with Gasteiger partial charge in [-0.05, 0) is 23.8 Å². The van der Waals surface area contributed by atoms with Gasteiger partial charge in [0.15, 0.2) is 0 Å². The molecule has 0 aliphatic carbocycles. The van der Waals surface area contributed by atoms with Gasteiger partial charge in [0, 0.05) is 29.1 Å². The summed E-state index contributed by atoms with van der Waals surface area (Å²) in [6.07, 6.45) is 0. The minimum atomic E-state index is -0.800. The fourth-order valence-corrected chi connectivity index (χ4v) is 2.50. The molecule has 0 aromatic heterocycles. The highest BCUT2D eigenvalue weighted by atomic mass is 35.5. The third-order valence-electron chi connectivity index (χ3n) is 2.89. The monoisotopic (exact) mass is 259 g/mol. The Morgan fingerprint density at radius 3 is 2.81 bits per heavy atom. The normalized spacial score (nSPS) is 24.6. The molecular weight excluding hydrogens is 249 g/mol. The summed E-state index contributed by atoms with van der Waals surface area (Å²) in [4.78, 5) is 11.1. The first-order chi connectivity index (χ1) is 7.59. The van der Waals surface area contributed by atoms with Gasteiger partial charge in [0.25, 0.3) is 0 Å². The van der Waals surface area contributed by atoms with E-state index in [1.165, 1.54) is 0 Å². The molecule has 1 aliphatic heterocycles. The molecule has 2 rings (SSSR count). The molecular formula is C11H11Cl2NO2. The van der Waals surface area contributed by atoms with Crippen molar-refractivity contribution in [2.45, 2.75) is 5.92 Å². The average molecular weight is 260 g/mol. The molecule has 1 aliphatic rings. The van der Waals surface area contributed by atoms with Crippen molar-refractivity contribution in [3.63, 3.8) is 0 Å². The molecule has 3 nitrogen and oxygen atoms in total. The zero-order valence-corrected chi connectivity index (χ0v) is 9.92. The predicted octanol–water partition coefficient (Wildman–Crippen LogP) is 2.38. The smallest absolute Gasteiger partial charge is 0.308 e. The van der Waals surface area contributed by atoms with Crippen molar-refractivity contribution in [3.05, 3.63) is 33.8 Å². The molecule has 1 fully saturated rings. The molecule has 0 unspecified atom stereocenters. The van der Waals surface area contributed by atoms with Crippen LogP contribution in [0.1, 0.15) is 11.5 Å². The number of aliphatic carboxylic acids is 1. The lowest BCUT2D eigenvalue weighted by atomic mass is 9.89. The van der Waals surface area contributed by atoms with Crippen molar-refractivity contribution < 1.29 is 9.90 Å². The van der Waals surface area contributed by atoms with Gasteiger partial charge in [-0.25, -0.2) is 0 Å². The highest BCUT2D eigenvalue weighted by Crippen LogP contribution is 2.34. The Morgan fingerprint density at radius 2 is 2.12 bits per heavy atom. The van der Waals surface area contributed by atoms with Crippen LogP contribution in [0.15, 0.2) is 18.2 Å². The van der Waals surface area contributed by atoms with E-state index in [0.717, 1.165) is 5.56 Å². The van der Waals surface area contributed by atoms with Crippen LogP contribution in [0.2, 0.25) is 10.0 Å². The van der Waals surface area contributed by atoms with Crippen molar-refractivity contribution in [1.29, 1.82) is 0 Å². The molecule has 2 atom stereocenters. The van der Waals surface area contributed by atoms with E-state index in [1.54, 1.807) is 18.2 Å². The highest BCUT2D eigenvalue weighted by Gasteiger charge is 2.34. The lowest BCUT2D eigenvalue weighted by Crippen LogP contribution is -2.21. The lowest BCUT2D eigenvalue weighted by molar-refractivity contribution is -0.141. The van der Waals surface area contributed by atoms with Crippen molar-refractivity contribution in [2.75, 3.05) is 13.1 Å². The van der Waals surface area contributed by atoms with Gasteiger partial charge >= 0.3 is 5.97 Å². The molecule has 5 heteroatoms. The number of benzene rings is 1. The molecule has 1 aromatic carbocycles. The summed E-state index contributed by atoms with van der Waals surface area (Å²) in [5, 5.41) is 13.3. The lowest BCUT2D eigenvalue weighted by Gasteiger charge is -2.16. The second-order valence-corrected chi connectivity index (χ2v) is 4.72. The number of nitrogens with one attached hydrogen (secondary N) is 1. The fraction of sp³-hybridized carbons (Fsp3) is 0.364. The van der Waals surface area contributed by atoms with Crippen molar-refractivity contribution >= 4 is 29.2 Å². The summed E-state index contributed by atoms with van der Waals surface area (Å²) in [6, 6.07) is 5.15. The molecule has 1 saturated heterocycles. The van der Waals surface area contributed by atoms with E-state index < -0.39 is 11.9 Å². The van der Waals surface area contributed by atoms with Gasteiger partial charge in [0.1, 0.15) is 0 Å². The number of carboxylic acids is 1. The molecule has 16 heavy (non-hydrogen) atoms. The summed E-state index contributed by atoms with van der Waals surface area (Å²) in [7, 11) is 0. The van der Waals surface area contributed by atoms with E-state index in [4.69, 9.17) is 28.3 Å². The van der Waals surface area contributed by atoms with Crippen LogP contribution in [-0.2, 0) is 4.79 Å². The van der Waals surface area contributed by atoms with Gasteiger partial charge in [0.2, 0.25) is 0 Å². The highest BCUT2D eigenvalue weighted by molar-refractivity contribution is 6.33. The van der Waals surface area contributed by atoms with Gasteiger partial charge in [0.05, 0.1) is 5.92 Å². The van der Waals surface area contributed by atoms with Crippen LogP contribution in [0.25, 0.3) is 0 Å². The van der Waals surface area contributed by atoms with Crippen molar-refractivity contribution in [3.8, 4) is 0 Å². The fourth-order valence-electron chi connectivity index (χ4n) is 2.06. The Kier molecular flexibility index (Phi) is 3.38.